The third-order valence-corrected chi connectivity index (χ3v) is 7.12. The van der Waals surface area contributed by atoms with Crippen LogP contribution in [0, 0.1) is 0 Å². The largest absolute Gasteiger partial charge is 0.454 e. The van der Waals surface area contributed by atoms with Gasteiger partial charge >= 0.3 is 0 Å². The minimum atomic E-state index is -3.98. The number of amides is 2. The quantitative estimate of drug-likeness (QED) is 0.541. The van der Waals surface area contributed by atoms with Crippen LogP contribution in [0.25, 0.3) is 10.9 Å². The van der Waals surface area contributed by atoms with E-state index in [2.05, 4.69) is 5.32 Å². The summed E-state index contributed by atoms with van der Waals surface area (Å²) in [6.45, 7) is 5.04. The zero-order chi connectivity index (χ0) is 23.6. The van der Waals surface area contributed by atoms with Crippen LogP contribution in [0.2, 0.25) is 0 Å². The molecule has 0 aliphatic carbocycles. The number of rotatable bonds is 8. The number of anilines is 1. The highest BCUT2D eigenvalue weighted by Crippen LogP contribution is 2.34. The maximum Gasteiger partial charge on any atom is 0.242 e. The van der Waals surface area contributed by atoms with Crippen LogP contribution in [0.5, 0.6) is 11.5 Å². The minimum Gasteiger partial charge on any atom is -0.454 e. The fourth-order valence-corrected chi connectivity index (χ4v) is 5.20. The van der Waals surface area contributed by atoms with Gasteiger partial charge in [-0.2, -0.15) is 0 Å². The van der Waals surface area contributed by atoms with Gasteiger partial charge in [0, 0.05) is 41.9 Å². The molecule has 0 fully saturated rings. The van der Waals surface area contributed by atoms with Gasteiger partial charge in [0.1, 0.15) is 12.3 Å². The Labute approximate surface area is 191 Å². The third-order valence-electron chi connectivity index (χ3n) is 5.49. The number of nitrogens with zero attached hydrogens (tertiary/aromatic N) is 2. The fraction of sp³-hybridized carbons (Fsp3) is 0.304. The van der Waals surface area contributed by atoms with Crippen molar-refractivity contribution in [3.63, 3.8) is 0 Å². The average molecular weight is 472 g/mol. The number of carbonyl (C=O) groups is 2. The van der Waals surface area contributed by atoms with Crippen LogP contribution in [-0.2, 0) is 26.0 Å². The van der Waals surface area contributed by atoms with Gasteiger partial charge in [-0.15, -0.1) is 0 Å². The molecule has 4 rings (SSSR count). The summed E-state index contributed by atoms with van der Waals surface area (Å²) in [7, 11) is -3.98. The van der Waals surface area contributed by atoms with Crippen molar-refractivity contribution < 1.29 is 27.5 Å². The lowest BCUT2D eigenvalue weighted by Crippen LogP contribution is -2.33. The van der Waals surface area contributed by atoms with Crippen molar-refractivity contribution >= 4 is 38.2 Å². The number of sulfone groups is 1. The summed E-state index contributed by atoms with van der Waals surface area (Å²) in [6, 6.07) is 11.8. The van der Waals surface area contributed by atoms with Gasteiger partial charge in [0.15, 0.2) is 21.3 Å². The number of ether oxygens (including phenoxy) is 2. The van der Waals surface area contributed by atoms with Gasteiger partial charge in [-0.25, -0.2) is 8.42 Å². The number of para-hydroxylation sites is 1. The molecule has 0 saturated carbocycles. The van der Waals surface area contributed by atoms with E-state index in [9.17, 15) is 18.0 Å². The number of likely N-dealkylation sites (N-methyl/N-ethyl adjacent to an activating group) is 1. The molecule has 0 bridgehead atoms. The molecule has 3 aromatic rings. The van der Waals surface area contributed by atoms with E-state index in [-0.39, 0.29) is 24.1 Å². The van der Waals surface area contributed by atoms with Crippen LogP contribution in [0.1, 0.15) is 13.8 Å². The Hall–Kier alpha value is -3.53. The summed E-state index contributed by atoms with van der Waals surface area (Å²) in [5.74, 6) is -0.473. The van der Waals surface area contributed by atoms with E-state index in [1.165, 1.54) is 6.20 Å². The molecular formula is C23H25N3O6S. The Morgan fingerprint density at radius 1 is 1.06 bits per heavy atom. The number of nitrogens with one attached hydrogen (secondary N) is 1. The van der Waals surface area contributed by atoms with Gasteiger partial charge in [0.05, 0.1) is 4.90 Å². The Balaban J connectivity index is 1.57. The molecular weight excluding hydrogens is 446 g/mol. The van der Waals surface area contributed by atoms with Crippen molar-refractivity contribution in [2.24, 2.45) is 0 Å². The van der Waals surface area contributed by atoms with Gasteiger partial charge in [-0.3, -0.25) is 9.59 Å². The monoisotopic (exact) mass is 471 g/mol. The van der Waals surface area contributed by atoms with Crippen molar-refractivity contribution in [3.05, 3.63) is 48.7 Å². The van der Waals surface area contributed by atoms with Crippen LogP contribution < -0.4 is 14.8 Å². The highest BCUT2D eigenvalue weighted by atomic mass is 32.2. The number of hydrogen-bond donors (Lipinski definition) is 1. The highest BCUT2D eigenvalue weighted by molar-refractivity contribution is 7.92. The second-order valence-corrected chi connectivity index (χ2v) is 9.54. The lowest BCUT2D eigenvalue weighted by Gasteiger charge is -2.19. The Bertz CT molecular complexity index is 1310. The summed E-state index contributed by atoms with van der Waals surface area (Å²) in [5, 5.41) is 3.07. The first-order chi connectivity index (χ1) is 15.8. The van der Waals surface area contributed by atoms with Crippen molar-refractivity contribution in [1.29, 1.82) is 0 Å². The zero-order valence-corrected chi connectivity index (χ0v) is 19.2. The van der Waals surface area contributed by atoms with Crippen molar-refractivity contribution in [3.8, 4) is 11.5 Å². The van der Waals surface area contributed by atoms with E-state index in [4.69, 9.17) is 9.47 Å². The standard InChI is InChI=1S/C23H25N3O6S/c1-3-25(4-2)23(28)13-26-12-21(17-7-5-6-8-18(17)26)33(29,30)14-22(27)24-16-9-10-19-20(11-16)32-15-31-19/h5-12H,3-4,13-15H2,1-2H3,(H,24,27). The third kappa shape index (κ3) is 4.65. The van der Waals surface area contributed by atoms with E-state index >= 15 is 0 Å². The lowest BCUT2D eigenvalue weighted by atomic mass is 10.2. The first-order valence-corrected chi connectivity index (χ1v) is 12.3. The topological polar surface area (TPSA) is 107 Å². The molecule has 2 amide bonds. The van der Waals surface area contributed by atoms with Crippen LogP contribution in [0.3, 0.4) is 0 Å². The van der Waals surface area contributed by atoms with Gasteiger partial charge < -0.3 is 24.3 Å². The molecule has 0 spiro atoms. The fourth-order valence-electron chi connectivity index (χ4n) is 3.84. The Morgan fingerprint density at radius 3 is 2.55 bits per heavy atom. The summed E-state index contributed by atoms with van der Waals surface area (Å²) in [6.07, 6.45) is 1.44. The Morgan fingerprint density at radius 2 is 1.79 bits per heavy atom. The number of fused-ring (bicyclic) bond motifs is 2. The molecule has 2 heterocycles. The first kappa shape index (κ1) is 22.7. The van der Waals surface area contributed by atoms with Crippen molar-refractivity contribution in [1.82, 2.24) is 9.47 Å². The number of hydrogen-bond acceptors (Lipinski definition) is 6. The van der Waals surface area contributed by atoms with E-state index in [1.807, 2.05) is 13.8 Å². The second-order valence-electron chi connectivity index (χ2n) is 7.58. The molecule has 0 saturated heterocycles. The van der Waals surface area contributed by atoms with Crippen LogP contribution in [0.4, 0.5) is 5.69 Å². The van der Waals surface area contributed by atoms with Gasteiger partial charge in [0.25, 0.3) is 0 Å². The molecule has 1 aliphatic heterocycles. The molecule has 10 heteroatoms. The van der Waals surface area contributed by atoms with Crippen LogP contribution in [-0.4, -0.2) is 55.3 Å². The van der Waals surface area contributed by atoms with Gasteiger partial charge in [-0.05, 0) is 32.0 Å². The lowest BCUT2D eigenvalue weighted by molar-refractivity contribution is -0.131. The molecule has 0 atom stereocenters. The summed E-state index contributed by atoms with van der Waals surface area (Å²) >= 11 is 0. The Kier molecular flexibility index (Phi) is 6.28. The molecule has 0 radical (unpaired) electrons. The number of benzene rings is 2. The molecule has 2 aromatic carbocycles. The second kappa shape index (κ2) is 9.14. The summed E-state index contributed by atoms with van der Waals surface area (Å²) < 4.78 is 38.5. The average Bonchev–Trinajstić information content (AvgIpc) is 3.39. The molecule has 174 valence electrons. The SMILES string of the molecule is CCN(CC)C(=O)Cn1cc(S(=O)(=O)CC(=O)Nc2ccc3c(c2)OCO3)c2ccccc21. The van der Waals surface area contributed by atoms with E-state index in [0.29, 0.717) is 41.2 Å². The summed E-state index contributed by atoms with van der Waals surface area (Å²) in [4.78, 5) is 26.9. The molecule has 33 heavy (non-hydrogen) atoms. The smallest absolute Gasteiger partial charge is 0.242 e. The van der Waals surface area contributed by atoms with E-state index in [0.717, 1.165) is 0 Å². The maximum atomic E-state index is 13.2. The molecule has 0 unspecified atom stereocenters. The van der Waals surface area contributed by atoms with E-state index in [1.54, 1.807) is 51.9 Å². The zero-order valence-electron chi connectivity index (χ0n) is 18.4. The van der Waals surface area contributed by atoms with Crippen LogP contribution >= 0.6 is 0 Å². The summed E-state index contributed by atoms with van der Waals surface area (Å²) in [5.41, 5.74) is 1.03. The van der Waals surface area contributed by atoms with E-state index < -0.39 is 21.5 Å². The molecule has 1 N–H and O–H groups in total. The molecule has 1 aromatic heterocycles. The minimum absolute atomic E-state index is 0.0150. The predicted molar refractivity (Wildman–Crippen MR) is 123 cm³/mol. The first-order valence-electron chi connectivity index (χ1n) is 10.6. The number of aromatic nitrogens is 1. The molecule has 1 aliphatic rings. The van der Waals surface area contributed by atoms with Crippen molar-refractivity contribution in [2.75, 3.05) is 31.0 Å². The van der Waals surface area contributed by atoms with Gasteiger partial charge in [0.2, 0.25) is 18.6 Å². The maximum absolute atomic E-state index is 13.2. The predicted octanol–water partition coefficient (Wildman–Crippen LogP) is 2.65. The van der Waals surface area contributed by atoms with Crippen molar-refractivity contribution in [2.45, 2.75) is 25.3 Å². The van der Waals surface area contributed by atoms with Gasteiger partial charge in [-0.1, -0.05) is 18.2 Å². The molecule has 9 nitrogen and oxygen atoms in total. The highest BCUT2D eigenvalue weighted by Gasteiger charge is 2.25. The van der Waals surface area contributed by atoms with Crippen LogP contribution in [0.15, 0.2) is 53.6 Å². The normalized spacial score (nSPS) is 12.7. The number of carbonyl (C=O) groups excluding carboxylic acids is 2.